The van der Waals surface area contributed by atoms with E-state index in [4.69, 9.17) is 4.74 Å². The van der Waals surface area contributed by atoms with Gasteiger partial charge in [-0.15, -0.1) is 11.3 Å². The number of thiazole rings is 1. The SMILES string of the molecule is O=C(COC(=O)Cc1csc(N2CCCC2=O)n1)NCc1ccc(F)cc1. The van der Waals surface area contributed by atoms with Gasteiger partial charge in [-0.25, -0.2) is 9.37 Å². The summed E-state index contributed by atoms with van der Waals surface area (Å²) in [6, 6.07) is 5.73. The molecule has 1 N–H and O–H groups in total. The second-order valence-corrected chi connectivity index (χ2v) is 6.85. The minimum Gasteiger partial charge on any atom is -0.455 e. The standard InChI is InChI=1S/C18H18FN3O4S/c19-13-5-3-12(4-6-13)9-20-15(23)10-26-17(25)8-14-11-27-18(21-14)22-7-1-2-16(22)24/h3-6,11H,1-2,7-10H2,(H,20,23). The highest BCUT2D eigenvalue weighted by Gasteiger charge is 2.24. The summed E-state index contributed by atoms with van der Waals surface area (Å²) in [4.78, 5) is 41.2. The van der Waals surface area contributed by atoms with Crippen LogP contribution in [0, 0.1) is 5.82 Å². The summed E-state index contributed by atoms with van der Waals surface area (Å²) >= 11 is 1.30. The first-order chi connectivity index (χ1) is 13.0. The van der Waals surface area contributed by atoms with E-state index in [1.54, 1.807) is 22.4 Å². The van der Waals surface area contributed by atoms with Crippen LogP contribution in [0.25, 0.3) is 0 Å². The average Bonchev–Trinajstić information content (AvgIpc) is 3.28. The van der Waals surface area contributed by atoms with Crippen molar-refractivity contribution in [3.63, 3.8) is 0 Å². The van der Waals surface area contributed by atoms with Crippen molar-refractivity contribution >= 4 is 34.3 Å². The molecular formula is C18H18FN3O4S. The van der Waals surface area contributed by atoms with Gasteiger partial charge in [0.2, 0.25) is 5.91 Å². The quantitative estimate of drug-likeness (QED) is 0.728. The number of benzene rings is 1. The first-order valence-corrected chi connectivity index (χ1v) is 9.31. The topological polar surface area (TPSA) is 88.6 Å². The molecule has 1 saturated heterocycles. The number of rotatable bonds is 7. The van der Waals surface area contributed by atoms with Crippen molar-refractivity contribution in [3.05, 3.63) is 46.7 Å². The normalized spacial score (nSPS) is 13.7. The van der Waals surface area contributed by atoms with Gasteiger partial charge in [0.05, 0.1) is 12.1 Å². The molecule has 1 aromatic heterocycles. The molecule has 3 rings (SSSR count). The van der Waals surface area contributed by atoms with Gasteiger partial charge in [-0.05, 0) is 24.1 Å². The number of halogens is 1. The van der Waals surface area contributed by atoms with E-state index in [1.807, 2.05) is 0 Å². The fourth-order valence-corrected chi connectivity index (χ4v) is 3.42. The Morgan fingerprint density at radius 3 is 2.78 bits per heavy atom. The molecule has 2 aromatic rings. The molecule has 1 aliphatic heterocycles. The number of hydrogen-bond donors (Lipinski definition) is 1. The average molecular weight is 391 g/mol. The number of anilines is 1. The molecule has 2 amide bonds. The van der Waals surface area contributed by atoms with Gasteiger partial charge >= 0.3 is 5.97 Å². The lowest BCUT2D eigenvalue weighted by Crippen LogP contribution is -2.28. The molecule has 1 fully saturated rings. The lowest BCUT2D eigenvalue weighted by atomic mass is 10.2. The summed E-state index contributed by atoms with van der Waals surface area (Å²) in [7, 11) is 0. The van der Waals surface area contributed by atoms with E-state index in [-0.39, 0.29) is 24.7 Å². The molecule has 27 heavy (non-hydrogen) atoms. The molecule has 0 radical (unpaired) electrons. The van der Waals surface area contributed by atoms with Gasteiger partial charge in [0.25, 0.3) is 5.91 Å². The second-order valence-electron chi connectivity index (χ2n) is 6.01. The number of ether oxygens (including phenoxy) is 1. The Kier molecular flexibility index (Phi) is 6.12. The summed E-state index contributed by atoms with van der Waals surface area (Å²) in [5.41, 5.74) is 1.24. The Morgan fingerprint density at radius 1 is 1.30 bits per heavy atom. The van der Waals surface area contributed by atoms with Crippen LogP contribution in [0.4, 0.5) is 9.52 Å². The van der Waals surface area contributed by atoms with Crippen LogP contribution < -0.4 is 10.2 Å². The number of carbonyl (C=O) groups excluding carboxylic acids is 3. The first kappa shape index (κ1) is 19.0. The first-order valence-electron chi connectivity index (χ1n) is 8.43. The van der Waals surface area contributed by atoms with Gasteiger partial charge in [0.15, 0.2) is 11.7 Å². The Bertz CT molecular complexity index is 837. The highest BCUT2D eigenvalue weighted by Crippen LogP contribution is 2.25. The summed E-state index contributed by atoms with van der Waals surface area (Å²) in [5.74, 6) is -1.33. The maximum atomic E-state index is 12.8. The molecular weight excluding hydrogens is 373 g/mol. The molecule has 0 atom stereocenters. The summed E-state index contributed by atoms with van der Waals surface area (Å²) in [6.45, 7) is 0.460. The number of esters is 1. The summed E-state index contributed by atoms with van der Waals surface area (Å²) < 4.78 is 17.8. The number of nitrogens with zero attached hydrogens (tertiary/aromatic N) is 2. The van der Waals surface area contributed by atoms with Gasteiger partial charge in [-0.1, -0.05) is 12.1 Å². The molecule has 2 heterocycles. The van der Waals surface area contributed by atoms with Gasteiger partial charge in [-0.3, -0.25) is 19.3 Å². The molecule has 0 aliphatic carbocycles. The van der Waals surface area contributed by atoms with Crippen LogP contribution in [-0.2, 0) is 32.1 Å². The third kappa shape index (κ3) is 5.33. The molecule has 1 aromatic carbocycles. The molecule has 142 valence electrons. The number of carbonyl (C=O) groups is 3. The maximum absolute atomic E-state index is 12.8. The Balaban J connectivity index is 1.40. The van der Waals surface area contributed by atoms with Crippen molar-refractivity contribution in [1.82, 2.24) is 10.3 Å². The highest BCUT2D eigenvalue weighted by atomic mass is 32.1. The minimum absolute atomic E-state index is 0.0382. The number of hydrogen-bond acceptors (Lipinski definition) is 6. The van der Waals surface area contributed by atoms with Gasteiger partial charge in [-0.2, -0.15) is 0 Å². The minimum atomic E-state index is -0.573. The largest absolute Gasteiger partial charge is 0.455 e. The van der Waals surface area contributed by atoms with Crippen LogP contribution in [-0.4, -0.2) is 35.9 Å². The zero-order valence-electron chi connectivity index (χ0n) is 14.4. The van der Waals surface area contributed by atoms with E-state index in [9.17, 15) is 18.8 Å². The fourth-order valence-electron chi connectivity index (χ4n) is 2.55. The van der Waals surface area contributed by atoms with Crippen molar-refractivity contribution in [2.45, 2.75) is 25.8 Å². The highest BCUT2D eigenvalue weighted by molar-refractivity contribution is 7.14. The maximum Gasteiger partial charge on any atom is 0.312 e. The zero-order chi connectivity index (χ0) is 19.2. The van der Waals surface area contributed by atoms with E-state index in [1.165, 1.54) is 23.5 Å². The van der Waals surface area contributed by atoms with Crippen LogP contribution in [0.2, 0.25) is 0 Å². The molecule has 7 nitrogen and oxygen atoms in total. The number of amides is 2. The summed E-state index contributed by atoms with van der Waals surface area (Å²) in [6.07, 6.45) is 1.26. The van der Waals surface area contributed by atoms with E-state index in [0.29, 0.717) is 23.8 Å². The van der Waals surface area contributed by atoms with Crippen LogP contribution in [0.1, 0.15) is 24.1 Å². The van der Waals surface area contributed by atoms with Gasteiger partial charge in [0, 0.05) is 24.9 Å². The predicted molar refractivity (Wildman–Crippen MR) is 96.6 cm³/mol. The van der Waals surface area contributed by atoms with Crippen LogP contribution in [0.15, 0.2) is 29.6 Å². The van der Waals surface area contributed by atoms with Crippen molar-refractivity contribution in [1.29, 1.82) is 0 Å². The second kappa shape index (κ2) is 8.72. The number of nitrogens with one attached hydrogen (secondary N) is 1. The smallest absolute Gasteiger partial charge is 0.312 e. The van der Waals surface area contributed by atoms with E-state index in [2.05, 4.69) is 10.3 Å². The fraction of sp³-hybridized carbons (Fsp3) is 0.333. The zero-order valence-corrected chi connectivity index (χ0v) is 15.3. The third-order valence-electron chi connectivity index (χ3n) is 3.94. The Hall–Kier alpha value is -2.81. The van der Waals surface area contributed by atoms with Crippen LogP contribution >= 0.6 is 11.3 Å². The predicted octanol–water partition coefficient (Wildman–Crippen LogP) is 1.81. The monoisotopic (exact) mass is 391 g/mol. The van der Waals surface area contributed by atoms with E-state index >= 15 is 0 Å². The lowest BCUT2D eigenvalue weighted by Gasteiger charge is -2.10. The molecule has 0 spiro atoms. The van der Waals surface area contributed by atoms with Crippen LogP contribution in [0.5, 0.6) is 0 Å². The van der Waals surface area contributed by atoms with E-state index in [0.717, 1.165) is 12.0 Å². The number of aromatic nitrogens is 1. The molecule has 1 aliphatic rings. The van der Waals surface area contributed by atoms with Gasteiger partial charge in [0.1, 0.15) is 5.82 Å². The molecule has 0 bridgehead atoms. The van der Waals surface area contributed by atoms with Crippen LogP contribution in [0.3, 0.4) is 0 Å². The van der Waals surface area contributed by atoms with Crippen molar-refractivity contribution in [2.75, 3.05) is 18.1 Å². The van der Waals surface area contributed by atoms with Gasteiger partial charge < -0.3 is 10.1 Å². The van der Waals surface area contributed by atoms with Crippen molar-refractivity contribution < 1.29 is 23.5 Å². The third-order valence-corrected chi connectivity index (χ3v) is 4.85. The van der Waals surface area contributed by atoms with E-state index < -0.39 is 18.5 Å². The molecule has 0 saturated carbocycles. The lowest BCUT2D eigenvalue weighted by molar-refractivity contribution is -0.147. The molecule has 9 heteroatoms. The Labute approximate surface area is 159 Å². The van der Waals surface area contributed by atoms with Crippen molar-refractivity contribution in [2.24, 2.45) is 0 Å². The molecule has 0 unspecified atom stereocenters. The Morgan fingerprint density at radius 2 is 2.07 bits per heavy atom. The summed E-state index contributed by atoms with van der Waals surface area (Å²) in [5, 5.41) is 4.87. The van der Waals surface area contributed by atoms with Crippen molar-refractivity contribution in [3.8, 4) is 0 Å².